The van der Waals surface area contributed by atoms with Crippen LogP contribution in [0.5, 0.6) is 0 Å². The van der Waals surface area contributed by atoms with Crippen LogP contribution < -0.4 is 0 Å². The van der Waals surface area contributed by atoms with Gasteiger partial charge in [0, 0.05) is 25.6 Å². The van der Waals surface area contributed by atoms with E-state index in [-0.39, 0.29) is 0 Å². The fraction of sp³-hybridized carbons (Fsp3) is 0.100. The molecule has 0 unspecified atom stereocenters. The SMILES string of the molecule is Cn1ncc2cnc(-c3cnccn3)nc21. The van der Waals surface area contributed by atoms with Crippen LogP contribution in [0.25, 0.3) is 22.6 Å². The Balaban J connectivity index is 2.22. The van der Waals surface area contributed by atoms with Crippen molar-refractivity contribution < 1.29 is 0 Å². The number of rotatable bonds is 1. The molecule has 0 amide bonds. The van der Waals surface area contributed by atoms with E-state index in [1.54, 1.807) is 35.7 Å². The van der Waals surface area contributed by atoms with Crippen molar-refractivity contribution >= 4 is 11.0 Å². The van der Waals surface area contributed by atoms with Crippen LogP contribution in [0.15, 0.2) is 31.0 Å². The zero-order valence-electron chi connectivity index (χ0n) is 8.57. The molecule has 0 saturated heterocycles. The van der Waals surface area contributed by atoms with Gasteiger partial charge in [-0.2, -0.15) is 5.10 Å². The van der Waals surface area contributed by atoms with E-state index in [9.17, 15) is 0 Å². The fourth-order valence-electron chi connectivity index (χ4n) is 1.47. The highest BCUT2D eigenvalue weighted by Gasteiger charge is 2.06. The van der Waals surface area contributed by atoms with Gasteiger partial charge in [-0.1, -0.05) is 0 Å². The minimum Gasteiger partial charge on any atom is -0.261 e. The Hall–Kier alpha value is -2.37. The van der Waals surface area contributed by atoms with Crippen LogP contribution in [0, 0.1) is 0 Å². The second-order valence-electron chi connectivity index (χ2n) is 3.33. The van der Waals surface area contributed by atoms with Gasteiger partial charge in [-0.05, 0) is 0 Å². The van der Waals surface area contributed by atoms with Crippen LogP contribution in [0.3, 0.4) is 0 Å². The molecule has 0 bridgehead atoms. The van der Waals surface area contributed by atoms with Gasteiger partial charge >= 0.3 is 0 Å². The third-order valence-electron chi connectivity index (χ3n) is 2.26. The number of aryl methyl sites for hydroxylation is 1. The van der Waals surface area contributed by atoms with Crippen LogP contribution in [0.4, 0.5) is 0 Å². The molecule has 0 radical (unpaired) electrons. The predicted molar refractivity (Wildman–Crippen MR) is 57.3 cm³/mol. The normalized spacial score (nSPS) is 10.8. The van der Waals surface area contributed by atoms with E-state index in [2.05, 4.69) is 25.0 Å². The van der Waals surface area contributed by atoms with E-state index in [1.165, 1.54) is 0 Å². The summed E-state index contributed by atoms with van der Waals surface area (Å²) in [6, 6.07) is 0. The molecule has 0 atom stereocenters. The summed E-state index contributed by atoms with van der Waals surface area (Å²) in [7, 11) is 1.84. The summed E-state index contributed by atoms with van der Waals surface area (Å²) in [4.78, 5) is 16.8. The van der Waals surface area contributed by atoms with E-state index in [0.29, 0.717) is 11.5 Å². The minimum absolute atomic E-state index is 0.559. The van der Waals surface area contributed by atoms with Gasteiger partial charge in [0.15, 0.2) is 11.5 Å². The number of aromatic nitrogens is 6. The number of fused-ring (bicyclic) bond motifs is 1. The molecule has 0 fully saturated rings. The van der Waals surface area contributed by atoms with E-state index in [0.717, 1.165) is 11.0 Å². The Morgan fingerprint density at radius 2 is 2.00 bits per heavy atom. The number of hydrogen-bond donors (Lipinski definition) is 0. The quantitative estimate of drug-likeness (QED) is 0.597. The maximum atomic E-state index is 4.39. The van der Waals surface area contributed by atoms with E-state index < -0.39 is 0 Å². The number of nitrogens with zero attached hydrogens (tertiary/aromatic N) is 6. The molecule has 3 aromatic heterocycles. The molecule has 3 rings (SSSR count). The lowest BCUT2D eigenvalue weighted by Crippen LogP contribution is -1.96. The van der Waals surface area contributed by atoms with Crippen LogP contribution >= 0.6 is 0 Å². The topological polar surface area (TPSA) is 69.4 Å². The summed E-state index contributed by atoms with van der Waals surface area (Å²) in [6.45, 7) is 0. The summed E-state index contributed by atoms with van der Waals surface area (Å²) < 4.78 is 1.71. The average Bonchev–Trinajstić information content (AvgIpc) is 2.72. The largest absolute Gasteiger partial charge is 0.261 e. The Morgan fingerprint density at radius 1 is 1.06 bits per heavy atom. The fourth-order valence-corrected chi connectivity index (χ4v) is 1.47. The molecule has 0 saturated carbocycles. The zero-order chi connectivity index (χ0) is 11.0. The highest BCUT2D eigenvalue weighted by molar-refractivity contribution is 5.75. The molecule has 78 valence electrons. The van der Waals surface area contributed by atoms with Crippen LogP contribution in [-0.4, -0.2) is 29.7 Å². The van der Waals surface area contributed by atoms with Crippen molar-refractivity contribution in [1.29, 1.82) is 0 Å². The monoisotopic (exact) mass is 212 g/mol. The molecule has 0 aliphatic carbocycles. The summed E-state index contributed by atoms with van der Waals surface area (Å²) >= 11 is 0. The maximum Gasteiger partial charge on any atom is 0.181 e. The molecule has 0 aliphatic rings. The van der Waals surface area contributed by atoms with E-state index in [1.807, 2.05) is 7.05 Å². The predicted octanol–water partition coefficient (Wildman–Crippen LogP) is 0.820. The first-order valence-corrected chi connectivity index (χ1v) is 4.76. The lowest BCUT2D eigenvalue weighted by molar-refractivity contribution is 0.785. The molecule has 16 heavy (non-hydrogen) atoms. The molecule has 6 heteroatoms. The number of hydrogen-bond acceptors (Lipinski definition) is 5. The second-order valence-corrected chi connectivity index (χ2v) is 3.33. The molecule has 0 N–H and O–H groups in total. The van der Waals surface area contributed by atoms with Gasteiger partial charge in [0.25, 0.3) is 0 Å². The van der Waals surface area contributed by atoms with Gasteiger partial charge in [-0.3, -0.25) is 9.67 Å². The Labute approximate surface area is 91.0 Å². The van der Waals surface area contributed by atoms with Gasteiger partial charge in [0.2, 0.25) is 0 Å². The molecule has 0 spiro atoms. The van der Waals surface area contributed by atoms with Gasteiger partial charge < -0.3 is 0 Å². The van der Waals surface area contributed by atoms with Crippen molar-refractivity contribution in [2.24, 2.45) is 7.05 Å². The van der Waals surface area contributed by atoms with Gasteiger partial charge in [-0.25, -0.2) is 15.0 Å². The molecule has 0 aromatic carbocycles. The van der Waals surface area contributed by atoms with Crippen LogP contribution in [-0.2, 0) is 7.05 Å². The Bertz CT molecular complexity index is 630. The zero-order valence-corrected chi connectivity index (χ0v) is 8.57. The van der Waals surface area contributed by atoms with Crippen molar-refractivity contribution in [3.05, 3.63) is 31.0 Å². The standard InChI is InChI=1S/C10H8N6/c1-16-10-7(5-14-16)4-13-9(15-10)8-6-11-2-3-12-8/h2-6H,1H3. The molecule has 3 aromatic rings. The van der Waals surface area contributed by atoms with Crippen molar-refractivity contribution in [3.63, 3.8) is 0 Å². The Kier molecular flexibility index (Phi) is 1.86. The average molecular weight is 212 g/mol. The van der Waals surface area contributed by atoms with Crippen molar-refractivity contribution in [3.8, 4) is 11.5 Å². The first-order chi connectivity index (χ1) is 7.84. The van der Waals surface area contributed by atoms with Crippen molar-refractivity contribution in [1.82, 2.24) is 29.7 Å². The summed E-state index contributed by atoms with van der Waals surface area (Å²) in [5.41, 5.74) is 1.45. The first kappa shape index (κ1) is 8.90. The second kappa shape index (κ2) is 3.34. The maximum absolute atomic E-state index is 4.39. The van der Waals surface area contributed by atoms with Gasteiger partial charge in [-0.15, -0.1) is 0 Å². The van der Waals surface area contributed by atoms with E-state index >= 15 is 0 Å². The van der Waals surface area contributed by atoms with E-state index in [4.69, 9.17) is 0 Å². The molecule has 6 nitrogen and oxygen atoms in total. The van der Waals surface area contributed by atoms with Gasteiger partial charge in [0.05, 0.1) is 17.8 Å². The smallest absolute Gasteiger partial charge is 0.181 e. The first-order valence-electron chi connectivity index (χ1n) is 4.76. The highest BCUT2D eigenvalue weighted by Crippen LogP contribution is 2.14. The summed E-state index contributed by atoms with van der Waals surface area (Å²) in [6.07, 6.45) is 8.34. The molecule has 0 aliphatic heterocycles. The molecular weight excluding hydrogens is 204 g/mol. The Morgan fingerprint density at radius 3 is 2.81 bits per heavy atom. The lowest BCUT2D eigenvalue weighted by atomic mass is 10.4. The highest BCUT2D eigenvalue weighted by atomic mass is 15.3. The molecule has 3 heterocycles. The lowest BCUT2D eigenvalue weighted by Gasteiger charge is -1.98. The summed E-state index contributed by atoms with van der Waals surface area (Å²) in [5.74, 6) is 0.559. The third-order valence-corrected chi connectivity index (χ3v) is 2.26. The van der Waals surface area contributed by atoms with Crippen LogP contribution in [0.1, 0.15) is 0 Å². The summed E-state index contributed by atoms with van der Waals surface area (Å²) in [5, 5.41) is 5.02. The molecular formula is C10H8N6. The minimum atomic E-state index is 0.559. The van der Waals surface area contributed by atoms with Crippen LogP contribution in [0.2, 0.25) is 0 Å². The van der Waals surface area contributed by atoms with Crippen molar-refractivity contribution in [2.45, 2.75) is 0 Å². The van der Waals surface area contributed by atoms with Crippen molar-refractivity contribution in [2.75, 3.05) is 0 Å². The third kappa shape index (κ3) is 1.31. The van der Waals surface area contributed by atoms with Gasteiger partial charge in [0.1, 0.15) is 5.69 Å².